The summed E-state index contributed by atoms with van der Waals surface area (Å²) in [4.78, 5) is 12.9. The Bertz CT molecular complexity index is 636. The minimum Gasteiger partial charge on any atom is -0.481 e. The normalized spacial score (nSPS) is 12.3. The van der Waals surface area contributed by atoms with E-state index in [9.17, 15) is 4.79 Å². The van der Waals surface area contributed by atoms with Gasteiger partial charge in [-0.15, -0.1) is 11.3 Å². The van der Waals surface area contributed by atoms with Gasteiger partial charge in [0.05, 0.1) is 6.21 Å². The lowest BCUT2D eigenvalue weighted by atomic mass is 10.1. The average molecular weight is 302 g/mol. The highest BCUT2D eigenvalue weighted by Gasteiger charge is 2.14. The zero-order chi connectivity index (χ0) is 15.2. The van der Waals surface area contributed by atoms with Gasteiger partial charge >= 0.3 is 0 Å². The number of carbonyl (C=O) groups is 1. The number of carbonyl (C=O) groups excluding carboxylic acids is 1. The summed E-state index contributed by atoms with van der Waals surface area (Å²) in [6, 6.07) is 9.62. The predicted octanol–water partition coefficient (Wildman–Crippen LogP) is 3.28. The van der Waals surface area contributed by atoms with E-state index >= 15 is 0 Å². The standard InChI is InChI=1S/C16H18N2O2S/c1-11-6-7-14(9-12(11)2)20-13(3)16(19)18-17-10-15-5-4-8-21-15/h4-10,13H,1-3H3,(H,18,19)/b17-10+. The van der Waals surface area contributed by atoms with Crippen molar-refractivity contribution in [1.29, 1.82) is 0 Å². The maximum atomic E-state index is 11.9. The van der Waals surface area contributed by atoms with E-state index < -0.39 is 6.10 Å². The molecular formula is C16H18N2O2S. The summed E-state index contributed by atoms with van der Waals surface area (Å²) in [5.74, 6) is 0.407. The van der Waals surface area contributed by atoms with E-state index in [1.165, 1.54) is 5.56 Å². The van der Waals surface area contributed by atoms with Crippen LogP contribution in [0, 0.1) is 13.8 Å². The van der Waals surface area contributed by atoms with E-state index in [0.29, 0.717) is 5.75 Å². The predicted molar refractivity (Wildman–Crippen MR) is 86.1 cm³/mol. The maximum absolute atomic E-state index is 11.9. The molecule has 1 N–H and O–H groups in total. The molecule has 2 aromatic rings. The van der Waals surface area contributed by atoms with Crippen molar-refractivity contribution in [2.75, 3.05) is 0 Å². The van der Waals surface area contributed by atoms with Gasteiger partial charge in [0.25, 0.3) is 5.91 Å². The van der Waals surface area contributed by atoms with Crippen LogP contribution in [-0.4, -0.2) is 18.2 Å². The summed E-state index contributed by atoms with van der Waals surface area (Å²) in [5.41, 5.74) is 4.81. The lowest BCUT2D eigenvalue weighted by Crippen LogP contribution is -2.33. The molecular weight excluding hydrogens is 284 g/mol. The largest absolute Gasteiger partial charge is 0.481 e. The molecule has 5 heteroatoms. The van der Waals surface area contributed by atoms with Crippen molar-refractivity contribution in [1.82, 2.24) is 5.43 Å². The molecule has 0 saturated carbocycles. The monoisotopic (exact) mass is 302 g/mol. The van der Waals surface area contributed by atoms with Gasteiger partial charge in [-0.2, -0.15) is 5.10 Å². The van der Waals surface area contributed by atoms with Crippen LogP contribution in [0.4, 0.5) is 0 Å². The first-order valence-corrected chi connectivity index (χ1v) is 7.54. The van der Waals surface area contributed by atoms with Crippen LogP contribution in [0.15, 0.2) is 40.8 Å². The number of hydrazone groups is 1. The van der Waals surface area contributed by atoms with E-state index in [4.69, 9.17) is 4.74 Å². The van der Waals surface area contributed by atoms with Gasteiger partial charge in [0, 0.05) is 4.88 Å². The summed E-state index contributed by atoms with van der Waals surface area (Å²) in [5, 5.41) is 5.87. The van der Waals surface area contributed by atoms with Crippen LogP contribution in [0.3, 0.4) is 0 Å². The number of aryl methyl sites for hydroxylation is 2. The number of nitrogens with zero attached hydrogens (tertiary/aromatic N) is 1. The Morgan fingerprint density at radius 3 is 2.81 bits per heavy atom. The number of hydrogen-bond donors (Lipinski definition) is 1. The molecule has 1 heterocycles. The Morgan fingerprint density at radius 2 is 2.14 bits per heavy atom. The van der Waals surface area contributed by atoms with Crippen molar-refractivity contribution in [3.63, 3.8) is 0 Å². The number of nitrogens with one attached hydrogen (secondary N) is 1. The van der Waals surface area contributed by atoms with Gasteiger partial charge in [0.15, 0.2) is 6.10 Å². The van der Waals surface area contributed by atoms with Gasteiger partial charge in [0.2, 0.25) is 0 Å². The first-order chi connectivity index (χ1) is 10.1. The second kappa shape index (κ2) is 7.04. The minimum atomic E-state index is -0.604. The van der Waals surface area contributed by atoms with E-state index in [0.717, 1.165) is 10.4 Å². The quantitative estimate of drug-likeness (QED) is 0.680. The van der Waals surface area contributed by atoms with Gasteiger partial charge < -0.3 is 4.74 Å². The molecule has 0 aliphatic heterocycles. The smallest absolute Gasteiger partial charge is 0.280 e. The third-order valence-electron chi connectivity index (χ3n) is 3.07. The minimum absolute atomic E-state index is 0.277. The number of ether oxygens (including phenoxy) is 1. The van der Waals surface area contributed by atoms with Crippen LogP contribution in [0.1, 0.15) is 22.9 Å². The van der Waals surface area contributed by atoms with Crippen LogP contribution >= 0.6 is 11.3 Å². The fraction of sp³-hybridized carbons (Fsp3) is 0.250. The number of thiophene rings is 1. The number of hydrogen-bond acceptors (Lipinski definition) is 4. The summed E-state index contributed by atoms with van der Waals surface area (Å²) >= 11 is 1.56. The molecule has 1 aromatic heterocycles. The lowest BCUT2D eigenvalue weighted by molar-refractivity contribution is -0.127. The van der Waals surface area contributed by atoms with Crippen molar-refractivity contribution in [3.8, 4) is 5.75 Å². The Hall–Kier alpha value is -2.14. The Morgan fingerprint density at radius 1 is 1.33 bits per heavy atom. The SMILES string of the molecule is Cc1ccc(OC(C)C(=O)N/N=C/c2cccs2)cc1C. The van der Waals surface area contributed by atoms with E-state index in [1.807, 2.05) is 49.6 Å². The van der Waals surface area contributed by atoms with Gasteiger partial charge in [-0.3, -0.25) is 4.79 Å². The molecule has 2 rings (SSSR count). The van der Waals surface area contributed by atoms with Crippen molar-refractivity contribution >= 4 is 23.5 Å². The number of benzene rings is 1. The summed E-state index contributed by atoms with van der Waals surface area (Å²) in [6.45, 7) is 5.75. The van der Waals surface area contributed by atoms with E-state index in [-0.39, 0.29) is 5.91 Å². The average Bonchev–Trinajstić information content (AvgIpc) is 2.96. The highest BCUT2D eigenvalue weighted by molar-refractivity contribution is 7.11. The number of amides is 1. The molecule has 0 fully saturated rings. The van der Waals surface area contributed by atoms with Crippen molar-refractivity contribution in [3.05, 3.63) is 51.7 Å². The van der Waals surface area contributed by atoms with Crippen molar-refractivity contribution in [2.24, 2.45) is 5.10 Å². The summed E-state index contributed by atoms with van der Waals surface area (Å²) in [6.07, 6.45) is 1.01. The van der Waals surface area contributed by atoms with Gasteiger partial charge in [0.1, 0.15) is 5.75 Å². The lowest BCUT2D eigenvalue weighted by Gasteiger charge is -2.13. The zero-order valence-electron chi connectivity index (χ0n) is 12.3. The van der Waals surface area contributed by atoms with Crippen LogP contribution < -0.4 is 10.2 Å². The van der Waals surface area contributed by atoms with E-state index in [1.54, 1.807) is 24.5 Å². The third-order valence-corrected chi connectivity index (χ3v) is 3.88. The Balaban J connectivity index is 1.88. The molecule has 1 aromatic carbocycles. The topological polar surface area (TPSA) is 50.7 Å². The third kappa shape index (κ3) is 4.43. The van der Waals surface area contributed by atoms with E-state index in [2.05, 4.69) is 10.5 Å². The van der Waals surface area contributed by atoms with Gasteiger partial charge in [-0.05, 0) is 55.5 Å². The van der Waals surface area contributed by atoms with Crippen LogP contribution in [0.25, 0.3) is 0 Å². The fourth-order valence-corrected chi connectivity index (χ4v) is 2.24. The second-order valence-corrected chi connectivity index (χ2v) is 5.74. The molecule has 4 nitrogen and oxygen atoms in total. The molecule has 1 unspecified atom stereocenters. The highest BCUT2D eigenvalue weighted by Crippen LogP contribution is 2.17. The molecule has 0 aliphatic carbocycles. The maximum Gasteiger partial charge on any atom is 0.280 e. The summed E-state index contributed by atoms with van der Waals surface area (Å²) in [7, 11) is 0. The van der Waals surface area contributed by atoms with Gasteiger partial charge in [-0.1, -0.05) is 12.1 Å². The van der Waals surface area contributed by atoms with Crippen molar-refractivity contribution < 1.29 is 9.53 Å². The zero-order valence-corrected chi connectivity index (χ0v) is 13.1. The molecule has 0 spiro atoms. The second-order valence-electron chi connectivity index (χ2n) is 4.76. The first kappa shape index (κ1) is 15.3. The summed E-state index contributed by atoms with van der Waals surface area (Å²) < 4.78 is 5.62. The van der Waals surface area contributed by atoms with Crippen molar-refractivity contribution in [2.45, 2.75) is 26.9 Å². The van der Waals surface area contributed by atoms with Crippen LogP contribution in [-0.2, 0) is 4.79 Å². The molecule has 1 atom stereocenters. The van der Waals surface area contributed by atoms with Gasteiger partial charge in [-0.25, -0.2) is 5.43 Å². The van der Waals surface area contributed by atoms with Crippen LogP contribution in [0.5, 0.6) is 5.75 Å². The fourth-order valence-electron chi connectivity index (χ4n) is 1.66. The molecule has 0 aliphatic rings. The molecule has 0 radical (unpaired) electrons. The highest BCUT2D eigenvalue weighted by atomic mass is 32.1. The molecule has 110 valence electrons. The Kier molecular flexibility index (Phi) is 5.11. The van der Waals surface area contributed by atoms with Crippen LogP contribution in [0.2, 0.25) is 0 Å². The number of rotatable bonds is 5. The Labute approximate surface area is 128 Å². The molecule has 0 saturated heterocycles. The first-order valence-electron chi connectivity index (χ1n) is 6.66. The molecule has 1 amide bonds. The molecule has 0 bridgehead atoms. The molecule has 21 heavy (non-hydrogen) atoms.